The van der Waals surface area contributed by atoms with E-state index in [1.165, 1.54) is 38.4 Å². The van der Waals surface area contributed by atoms with Crippen molar-refractivity contribution in [3.63, 3.8) is 0 Å². The van der Waals surface area contributed by atoms with Gasteiger partial charge in [0.15, 0.2) is 0 Å². The van der Waals surface area contributed by atoms with E-state index in [-0.39, 0.29) is 7.58 Å². The third kappa shape index (κ3) is 21.8. The Morgan fingerprint density at radius 1 is 0.674 bits per heavy atom. The van der Waals surface area contributed by atoms with Crippen molar-refractivity contribution in [2.75, 3.05) is 53.6 Å². The Kier molecular flexibility index (Phi) is 32.9. The van der Waals surface area contributed by atoms with Crippen LogP contribution in [-0.4, -0.2) is 77.9 Å². The molecular formula is C35H49ClN3O4P2Ru+3. The summed E-state index contributed by atoms with van der Waals surface area (Å²) in [6.45, 7) is 5.38. The summed E-state index contributed by atoms with van der Waals surface area (Å²) in [5, 5.41) is 12.5. The molecule has 0 aliphatic carbocycles. The van der Waals surface area contributed by atoms with Crippen LogP contribution in [0.1, 0.15) is 1.43 Å². The second-order valence-electron chi connectivity index (χ2n) is 9.32. The van der Waals surface area contributed by atoms with Gasteiger partial charge in [-0.15, -0.1) is 0 Å². The largest absolute Gasteiger partial charge is 0.310 e. The second-order valence-corrected chi connectivity index (χ2v) is 14.5. The monoisotopic (exact) mass is 774 g/mol. The minimum atomic E-state index is -0.758. The van der Waals surface area contributed by atoms with Crippen molar-refractivity contribution in [2.24, 2.45) is 0 Å². The summed E-state index contributed by atoms with van der Waals surface area (Å²) < 4.78 is 0. The van der Waals surface area contributed by atoms with Gasteiger partial charge in [0.2, 0.25) is 6.41 Å². The van der Waals surface area contributed by atoms with Gasteiger partial charge in [-0.3, -0.25) is 11.6 Å². The van der Waals surface area contributed by atoms with Crippen LogP contribution >= 0.6 is 25.5 Å². The average Bonchev–Trinajstić information content (AvgIpc) is 3.12. The van der Waals surface area contributed by atoms with Crippen molar-refractivity contribution < 1.29 is 37.9 Å². The first-order chi connectivity index (χ1) is 22.5. The van der Waals surface area contributed by atoms with Crippen LogP contribution in [0.4, 0.5) is 0 Å². The van der Waals surface area contributed by atoms with Gasteiger partial charge >= 0.3 is 33.2 Å². The normalized spacial score (nSPS) is 9.04. The van der Waals surface area contributed by atoms with Gasteiger partial charge in [-0.05, 0) is 62.6 Å². The number of halogens is 1. The fourth-order valence-electron chi connectivity index (χ4n) is 4.02. The Morgan fingerprint density at radius 2 is 0.870 bits per heavy atom. The number of carbonyl (C=O) groups excluding carboxylic acids is 4. The summed E-state index contributed by atoms with van der Waals surface area (Å²) in [4.78, 5) is 34.9. The molecule has 0 radical (unpaired) electrons. The van der Waals surface area contributed by atoms with Crippen molar-refractivity contribution in [2.45, 2.75) is 0 Å². The molecule has 4 rings (SSSR count). The van der Waals surface area contributed by atoms with Gasteiger partial charge in [-0.1, -0.05) is 72.8 Å². The topological polar surface area (TPSA) is 95.6 Å². The zero-order chi connectivity index (χ0) is 34.8. The first kappa shape index (κ1) is 45.2. The van der Waals surface area contributed by atoms with Gasteiger partial charge in [0.1, 0.15) is 0 Å². The van der Waals surface area contributed by atoms with E-state index < -0.39 is 15.8 Å². The van der Waals surface area contributed by atoms with Crippen LogP contribution in [0.15, 0.2) is 121 Å². The molecule has 11 heteroatoms. The zero-order valence-corrected chi connectivity index (χ0v) is 31.5. The Labute approximate surface area is 293 Å². The Morgan fingerprint density at radius 3 is 1.04 bits per heavy atom. The van der Waals surface area contributed by atoms with Gasteiger partial charge in [0.05, 0.1) is 49.4 Å². The van der Waals surface area contributed by atoms with E-state index in [1.54, 1.807) is 31.4 Å². The summed E-state index contributed by atoms with van der Waals surface area (Å²) in [6, 6.07) is 44.2. The Balaban J connectivity index is -0.00000104. The van der Waals surface area contributed by atoms with Crippen molar-refractivity contribution in [1.29, 1.82) is 0 Å². The number of carbonyl (C=O) groups is 1. The molecule has 4 aromatic rings. The van der Waals surface area contributed by atoms with E-state index >= 15 is 0 Å². The quantitative estimate of drug-likeness (QED) is 0.0796. The molecule has 46 heavy (non-hydrogen) atoms. The van der Waals surface area contributed by atoms with Crippen molar-refractivity contribution >= 4 is 66.1 Å². The molecule has 0 heterocycles. The van der Waals surface area contributed by atoms with Crippen LogP contribution in [0.2, 0.25) is 0 Å². The molecule has 0 saturated heterocycles. The molecule has 4 aromatic carbocycles. The molecule has 0 fully saturated rings. The van der Waals surface area contributed by atoms with Gasteiger partial charge < -0.3 is 20.3 Å². The molecular weight excluding hydrogens is 725 g/mol. The molecule has 0 aromatic heterocycles. The minimum absolute atomic E-state index is 0. The summed E-state index contributed by atoms with van der Waals surface area (Å²) >= 11 is 1.62. The van der Waals surface area contributed by atoms with Crippen molar-refractivity contribution in [3.05, 3.63) is 121 Å². The Bertz CT molecular complexity index is 1100. The fourth-order valence-corrected chi connectivity index (χ4v) is 9.07. The fraction of sp³-hybridized carbons (Fsp3) is 0.229. The maximum Gasteiger partial charge on any atom is 0.0967 e. The molecule has 0 spiro atoms. The molecule has 2 N–H and O–H groups in total. The summed E-state index contributed by atoms with van der Waals surface area (Å²) in [6.07, 6.45) is 3.41. The molecule has 0 saturated carbocycles. The molecule has 0 atom stereocenters. The molecule has 1 amide bonds. The second kappa shape index (κ2) is 33.5. The number of benzene rings is 4. The molecule has 0 bridgehead atoms. The van der Waals surface area contributed by atoms with Gasteiger partial charge in [-0.25, -0.2) is 0 Å². The summed E-state index contributed by atoms with van der Waals surface area (Å²) in [5.41, 5.74) is 0. The van der Waals surface area contributed by atoms with Crippen LogP contribution < -0.4 is 31.9 Å². The maximum absolute atomic E-state index is 9.43. The predicted octanol–water partition coefficient (Wildman–Crippen LogP) is 3.65. The summed E-state index contributed by atoms with van der Waals surface area (Å²) in [7, 11) is 10.2. The van der Waals surface area contributed by atoms with Crippen LogP contribution in [0, 0.1) is 0 Å². The predicted molar refractivity (Wildman–Crippen MR) is 199 cm³/mol. The number of nitrogens with one attached hydrogen (secondary N) is 2. The van der Waals surface area contributed by atoms with Gasteiger partial charge in [0.25, 0.3) is 0 Å². The average molecular weight is 774 g/mol. The minimum Gasteiger partial charge on any atom is -0.310 e. The van der Waals surface area contributed by atoms with Gasteiger partial charge in [-0.2, -0.15) is 9.59 Å². The van der Waals surface area contributed by atoms with Crippen LogP contribution in [0.25, 0.3) is 0 Å². The number of nitrogens with zero attached hydrogens (tertiary/aromatic N) is 1. The number of hydrogen-bond acceptors (Lipinski definition) is 6. The van der Waals surface area contributed by atoms with E-state index in [1.807, 2.05) is 14.1 Å². The van der Waals surface area contributed by atoms with E-state index in [4.69, 9.17) is 14.4 Å². The van der Waals surface area contributed by atoms with Crippen LogP contribution in [-0.2, 0) is 36.5 Å². The SMILES string of the molecule is CN(C)C=O.CNC.O=C=O.[CH-]=O.[Cl][RuH+2].[HH].c1ccc([PH+](CCNCC[PH+](c2ccccc2)c2ccccc2)c2ccccc2)cc1. The third-order valence-electron chi connectivity index (χ3n) is 5.80. The van der Waals surface area contributed by atoms with Crippen LogP contribution in [0.3, 0.4) is 0 Å². The van der Waals surface area contributed by atoms with E-state index in [0.29, 0.717) is 0 Å². The van der Waals surface area contributed by atoms with Crippen molar-refractivity contribution in [3.8, 4) is 0 Å². The molecule has 7 nitrogen and oxygen atoms in total. The summed E-state index contributed by atoms with van der Waals surface area (Å²) in [5.74, 6) is 0. The molecule has 0 unspecified atom stereocenters. The molecule has 0 aliphatic rings. The first-order valence-electron chi connectivity index (χ1n) is 14.2. The number of hydrogen-bond donors (Lipinski definition) is 2. The van der Waals surface area contributed by atoms with Gasteiger partial charge in [0, 0.05) is 28.6 Å². The van der Waals surface area contributed by atoms with Crippen LogP contribution in [0.5, 0.6) is 0 Å². The van der Waals surface area contributed by atoms with E-state index in [2.05, 4.69) is 148 Å². The zero-order valence-electron chi connectivity index (χ0n) is 26.9. The number of amides is 1. The molecule has 250 valence electrons. The maximum atomic E-state index is 9.43. The number of rotatable bonds is 11. The first-order valence-corrected chi connectivity index (χ1v) is 20.0. The van der Waals surface area contributed by atoms with Crippen molar-refractivity contribution in [1.82, 2.24) is 15.5 Å². The van der Waals surface area contributed by atoms with E-state index in [0.717, 1.165) is 19.5 Å². The third-order valence-corrected chi connectivity index (χ3v) is 11.4. The smallest absolute Gasteiger partial charge is 0.0967 e. The standard InChI is InChI=1S/C28H29NP2.C3H7NO.C2H7N.CO2.CHO.ClH.Ru.H2.H/c1-5-13-25(14-6-1)30(26-15-7-2-8-16-26)23-21-29-22-24-31(27-17-9-3-10-18-27)28-19-11-4-12-20-28;1-4(2)3-5;1-3-2;2-1-3;1-2;;;;/h1-20,29H,21-24H2;3H,1-2H3;3H,1-2H3;;1H;1H;;1H;/q;;;;-1;;+3;;/p+1. The Hall–Kier alpha value is -2.91. The molecule has 0 aliphatic heterocycles. The van der Waals surface area contributed by atoms with E-state index in [9.17, 15) is 4.79 Å².